The van der Waals surface area contributed by atoms with Crippen molar-refractivity contribution in [3.05, 3.63) is 64.8 Å². The number of hydrogen-bond donors (Lipinski definition) is 0. The molecular formula is C13H9ClFN3. The Morgan fingerprint density at radius 2 is 2.11 bits per heavy atom. The van der Waals surface area contributed by atoms with Crippen LogP contribution in [0, 0.1) is 5.82 Å². The van der Waals surface area contributed by atoms with Crippen molar-refractivity contribution in [2.24, 2.45) is 0 Å². The summed E-state index contributed by atoms with van der Waals surface area (Å²) in [5.74, 6) is 0.391. The zero-order valence-electron chi connectivity index (χ0n) is 9.35. The van der Waals surface area contributed by atoms with Gasteiger partial charge in [0.25, 0.3) is 0 Å². The van der Waals surface area contributed by atoms with Gasteiger partial charge in [-0.15, -0.1) is 0 Å². The van der Waals surface area contributed by atoms with Gasteiger partial charge in [-0.3, -0.25) is 0 Å². The average Bonchev–Trinajstić information content (AvgIpc) is 2.70. The fourth-order valence-electron chi connectivity index (χ4n) is 1.81. The van der Waals surface area contributed by atoms with Crippen molar-refractivity contribution in [3.63, 3.8) is 0 Å². The smallest absolute Gasteiger partial charge is 0.156 e. The summed E-state index contributed by atoms with van der Waals surface area (Å²) in [7, 11) is 0. The van der Waals surface area contributed by atoms with Crippen LogP contribution in [0.5, 0.6) is 0 Å². The van der Waals surface area contributed by atoms with Crippen LogP contribution in [0.3, 0.4) is 0 Å². The molecule has 0 aliphatic carbocycles. The summed E-state index contributed by atoms with van der Waals surface area (Å²) in [6, 6.07) is 9.99. The topological polar surface area (TPSA) is 30.2 Å². The fraction of sp³-hybridized carbons (Fsp3) is 0.0769. The highest BCUT2D eigenvalue weighted by Gasteiger charge is 2.05. The van der Waals surface area contributed by atoms with Crippen LogP contribution < -0.4 is 0 Å². The van der Waals surface area contributed by atoms with Crippen LogP contribution in [0.15, 0.2) is 42.6 Å². The first-order valence-corrected chi connectivity index (χ1v) is 5.84. The van der Waals surface area contributed by atoms with Gasteiger partial charge >= 0.3 is 0 Å². The van der Waals surface area contributed by atoms with Gasteiger partial charge in [0, 0.05) is 12.6 Å². The third kappa shape index (κ3) is 2.19. The second kappa shape index (κ2) is 4.38. The quantitative estimate of drug-likeness (QED) is 0.710. The molecule has 1 aromatic carbocycles. The molecule has 0 bridgehead atoms. The van der Waals surface area contributed by atoms with Gasteiger partial charge in [-0.25, -0.2) is 13.9 Å². The maximum atomic E-state index is 13.1. The first-order valence-electron chi connectivity index (χ1n) is 5.46. The van der Waals surface area contributed by atoms with E-state index in [1.807, 2.05) is 6.07 Å². The van der Waals surface area contributed by atoms with Crippen molar-refractivity contribution < 1.29 is 4.39 Å². The lowest BCUT2D eigenvalue weighted by Gasteiger charge is -1.96. The zero-order valence-corrected chi connectivity index (χ0v) is 10.1. The van der Waals surface area contributed by atoms with Crippen LogP contribution in [0.25, 0.3) is 5.65 Å². The predicted molar refractivity (Wildman–Crippen MR) is 67.2 cm³/mol. The molecule has 0 spiro atoms. The Bertz CT molecular complexity index is 708. The largest absolute Gasteiger partial charge is 0.219 e. The summed E-state index contributed by atoms with van der Waals surface area (Å²) in [5, 5.41) is 4.90. The van der Waals surface area contributed by atoms with Gasteiger partial charge in [0.1, 0.15) is 5.82 Å². The highest BCUT2D eigenvalue weighted by atomic mass is 35.5. The molecule has 0 unspecified atom stereocenters. The van der Waals surface area contributed by atoms with Crippen molar-refractivity contribution in [1.29, 1.82) is 0 Å². The predicted octanol–water partition coefficient (Wildman–Crippen LogP) is 3.11. The summed E-state index contributed by atoms with van der Waals surface area (Å²) in [4.78, 5) is 4.35. The van der Waals surface area contributed by atoms with E-state index in [1.54, 1.807) is 28.9 Å². The van der Waals surface area contributed by atoms with Crippen molar-refractivity contribution >= 4 is 17.2 Å². The van der Waals surface area contributed by atoms with Gasteiger partial charge in [0.15, 0.2) is 11.5 Å². The number of hydrogen-bond acceptors (Lipinski definition) is 2. The minimum absolute atomic E-state index is 0.251. The second-order valence-electron chi connectivity index (χ2n) is 3.98. The first-order chi connectivity index (χ1) is 8.70. The molecule has 5 heteroatoms. The van der Waals surface area contributed by atoms with Crippen molar-refractivity contribution in [2.45, 2.75) is 6.42 Å². The molecular weight excluding hydrogens is 253 g/mol. The molecule has 3 aromatic rings. The first kappa shape index (κ1) is 11.2. The Morgan fingerprint density at radius 3 is 2.94 bits per heavy atom. The number of rotatable bonds is 2. The summed E-state index contributed by atoms with van der Waals surface area (Å²) < 4.78 is 14.7. The summed E-state index contributed by atoms with van der Waals surface area (Å²) >= 11 is 5.87. The number of fused-ring (bicyclic) bond motifs is 1. The lowest BCUT2D eigenvalue weighted by Crippen LogP contribution is -1.92. The van der Waals surface area contributed by atoms with Gasteiger partial charge in [-0.05, 0) is 29.8 Å². The Hall–Kier alpha value is -1.94. The molecule has 0 fully saturated rings. The maximum absolute atomic E-state index is 13.1. The Morgan fingerprint density at radius 1 is 1.22 bits per heavy atom. The highest BCUT2D eigenvalue weighted by Crippen LogP contribution is 2.12. The van der Waals surface area contributed by atoms with Gasteiger partial charge in [-0.2, -0.15) is 5.10 Å². The molecule has 0 aliphatic rings. The summed E-state index contributed by atoms with van der Waals surface area (Å²) in [6.07, 6.45) is 2.19. The molecule has 0 amide bonds. The van der Waals surface area contributed by atoms with E-state index >= 15 is 0 Å². The molecule has 0 N–H and O–H groups in total. The Kier molecular flexibility index (Phi) is 2.72. The monoisotopic (exact) mass is 261 g/mol. The number of pyridine rings is 1. The van der Waals surface area contributed by atoms with Crippen LogP contribution >= 0.6 is 11.6 Å². The number of aromatic nitrogens is 3. The lowest BCUT2D eigenvalue weighted by molar-refractivity contribution is 0.625. The third-order valence-electron chi connectivity index (χ3n) is 2.59. The minimum Gasteiger partial charge on any atom is -0.219 e. The standard InChI is InChI=1S/C13H9ClFN3/c14-10-4-5-13-16-12(17-18(13)8-10)7-9-2-1-3-11(15)6-9/h1-6,8H,7H2. The molecule has 2 heterocycles. The van der Waals surface area contributed by atoms with Crippen LogP contribution in [-0.4, -0.2) is 14.6 Å². The maximum Gasteiger partial charge on any atom is 0.156 e. The van der Waals surface area contributed by atoms with E-state index in [0.717, 1.165) is 11.2 Å². The molecule has 0 saturated carbocycles. The van der Waals surface area contributed by atoms with E-state index in [2.05, 4.69) is 10.1 Å². The van der Waals surface area contributed by atoms with Crippen LogP contribution in [0.2, 0.25) is 5.02 Å². The molecule has 3 nitrogen and oxygen atoms in total. The molecule has 90 valence electrons. The Balaban J connectivity index is 1.95. The lowest BCUT2D eigenvalue weighted by atomic mass is 10.1. The van der Waals surface area contributed by atoms with Crippen molar-refractivity contribution in [3.8, 4) is 0 Å². The molecule has 0 radical (unpaired) electrons. The molecule has 0 atom stereocenters. The highest BCUT2D eigenvalue weighted by molar-refractivity contribution is 6.30. The molecule has 18 heavy (non-hydrogen) atoms. The van der Waals surface area contributed by atoms with E-state index in [4.69, 9.17) is 11.6 Å². The van der Waals surface area contributed by atoms with E-state index in [1.165, 1.54) is 12.1 Å². The zero-order chi connectivity index (χ0) is 12.5. The van der Waals surface area contributed by atoms with E-state index in [9.17, 15) is 4.39 Å². The van der Waals surface area contributed by atoms with Crippen molar-refractivity contribution in [2.75, 3.05) is 0 Å². The Labute approximate surface area is 108 Å². The second-order valence-corrected chi connectivity index (χ2v) is 4.42. The molecule has 0 aliphatic heterocycles. The van der Waals surface area contributed by atoms with Crippen LogP contribution in [0.1, 0.15) is 11.4 Å². The van der Waals surface area contributed by atoms with Gasteiger partial charge in [0.05, 0.1) is 5.02 Å². The normalized spacial score (nSPS) is 11.0. The van der Waals surface area contributed by atoms with Crippen LogP contribution in [0.4, 0.5) is 4.39 Å². The third-order valence-corrected chi connectivity index (χ3v) is 2.81. The van der Waals surface area contributed by atoms with Gasteiger partial charge < -0.3 is 0 Å². The molecule has 3 rings (SSSR count). The van der Waals surface area contributed by atoms with Gasteiger partial charge in [-0.1, -0.05) is 23.7 Å². The van der Waals surface area contributed by atoms with Crippen LogP contribution in [-0.2, 0) is 6.42 Å². The number of halogens is 2. The fourth-order valence-corrected chi connectivity index (χ4v) is 1.96. The van der Waals surface area contributed by atoms with E-state index < -0.39 is 0 Å². The number of benzene rings is 1. The average molecular weight is 262 g/mol. The van der Waals surface area contributed by atoms with E-state index in [-0.39, 0.29) is 5.82 Å². The number of nitrogens with zero attached hydrogens (tertiary/aromatic N) is 3. The van der Waals surface area contributed by atoms with Crippen molar-refractivity contribution in [1.82, 2.24) is 14.6 Å². The SMILES string of the molecule is Fc1cccc(Cc2nc3ccc(Cl)cn3n2)c1. The summed E-state index contributed by atoms with van der Waals surface area (Å²) in [5.41, 5.74) is 1.57. The van der Waals surface area contributed by atoms with E-state index in [0.29, 0.717) is 17.3 Å². The summed E-state index contributed by atoms with van der Waals surface area (Å²) in [6.45, 7) is 0. The molecule has 0 saturated heterocycles. The minimum atomic E-state index is -0.251. The van der Waals surface area contributed by atoms with Gasteiger partial charge in [0.2, 0.25) is 0 Å². The molecule has 2 aromatic heterocycles.